The van der Waals surface area contributed by atoms with Crippen molar-refractivity contribution < 1.29 is 13.8 Å². The molecule has 0 amide bonds. The molecule has 2 heterocycles. The summed E-state index contributed by atoms with van der Waals surface area (Å²) in [5, 5.41) is 18.2. The Morgan fingerprint density at radius 1 is 1.31 bits per heavy atom. The summed E-state index contributed by atoms with van der Waals surface area (Å²) in [5.74, 6) is -0.0616. The maximum Gasteiger partial charge on any atom is 0.295 e. The van der Waals surface area contributed by atoms with Crippen LogP contribution >= 0.6 is 0 Å². The fourth-order valence-corrected chi connectivity index (χ4v) is 2.43. The number of nitrogens with one attached hydrogen (secondary N) is 1. The van der Waals surface area contributed by atoms with Gasteiger partial charge in [-0.3, -0.25) is 15.1 Å². The smallest absolute Gasteiger partial charge is 0.295 e. The Morgan fingerprint density at radius 3 is 2.77 bits per heavy atom. The molecule has 0 radical (unpaired) electrons. The van der Waals surface area contributed by atoms with Crippen molar-refractivity contribution in [2.24, 2.45) is 5.92 Å². The first-order valence-corrected chi connectivity index (χ1v) is 7.90. The Labute approximate surface area is 148 Å². The Balaban J connectivity index is 1.92. The Morgan fingerprint density at radius 2 is 2.12 bits per heavy atom. The molecule has 3 rings (SSSR count). The first-order chi connectivity index (χ1) is 12.5. The molecule has 0 aliphatic heterocycles. The predicted molar refractivity (Wildman–Crippen MR) is 91.8 cm³/mol. The molecule has 1 N–H and O–H groups in total. The lowest BCUT2D eigenvalue weighted by atomic mass is 10.0. The molecular weight excluding hydrogens is 341 g/mol. The van der Waals surface area contributed by atoms with E-state index in [1.807, 2.05) is 13.8 Å². The predicted octanol–water partition coefficient (Wildman–Crippen LogP) is 3.99. The topological polar surface area (TPSA) is 107 Å². The number of rotatable bonds is 6. The van der Waals surface area contributed by atoms with Gasteiger partial charge in [0, 0.05) is 18.0 Å². The zero-order chi connectivity index (χ0) is 18.7. The van der Waals surface area contributed by atoms with Gasteiger partial charge in [-0.05, 0) is 30.2 Å². The monoisotopic (exact) mass is 357 g/mol. The second-order valence-corrected chi connectivity index (χ2v) is 5.98. The van der Waals surface area contributed by atoms with Crippen LogP contribution in [0, 0.1) is 21.8 Å². The first kappa shape index (κ1) is 17.5. The van der Waals surface area contributed by atoms with Gasteiger partial charge in [0.25, 0.3) is 5.69 Å². The molecule has 26 heavy (non-hydrogen) atoms. The molecule has 0 saturated carbocycles. The van der Waals surface area contributed by atoms with Crippen molar-refractivity contribution in [1.29, 1.82) is 0 Å². The minimum atomic E-state index is -0.681. The Bertz CT molecular complexity index is 914. The standard InChI is InChI=1S/C17H16FN5O3/c1-10(2)15(20-13-6-5-12(18)8-14(13)23(24)25)17-21-16(22-26-17)11-4-3-7-19-9-11/h3-10,15,20H,1-2H3. The third-order valence-corrected chi connectivity index (χ3v) is 3.76. The van der Waals surface area contributed by atoms with E-state index < -0.39 is 16.8 Å². The second-order valence-electron chi connectivity index (χ2n) is 5.98. The number of halogens is 1. The maximum atomic E-state index is 13.3. The van der Waals surface area contributed by atoms with E-state index in [-0.39, 0.29) is 23.2 Å². The molecule has 3 aromatic rings. The number of hydrogen-bond donors (Lipinski definition) is 1. The lowest BCUT2D eigenvalue weighted by molar-refractivity contribution is -0.384. The van der Waals surface area contributed by atoms with Gasteiger partial charge in [-0.1, -0.05) is 19.0 Å². The fourth-order valence-electron chi connectivity index (χ4n) is 2.43. The van der Waals surface area contributed by atoms with Crippen LogP contribution in [0.3, 0.4) is 0 Å². The van der Waals surface area contributed by atoms with Gasteiger partial charge in [0.05, 0.1) is 11.0 Å². The van der Waals surface area contributed by atoms with Crippen molar-refractivity contribution in [3.05, 3.63) is 64.5 Å². The minimum Gasteiger partial charge on any atom is -0.368 e. The molecule has 0 bridgehead atoms. The van der Waals surface area contributed by atoms with E-state index in [1.165, 1.54) is 6.07 Å². The van der Waals surface area contributed by atoms with Crippen molar-refractivity contribution >= 4 is 11.4 Å². The quantitative estimate of drug-likeness (QED) is 0.525. The molecule has 0 saturated heterocycles. The zero-order valence-electron chi connectivity index (χ0n) is 14.1. The highest BCUT2D eigenvalue weighted by Crippen LogP contribution is 2.32. The van der Waals surface area contributed by atoms with Gasteiger partial charge in [-0.25, -0.2) is 4.39 Å². The number of hydrogen-bond acceptors (Lipinski definition) is 7. The van der Waals surface area contributed by atoms with Crippen LogP contribution in [-0.4, -0.2) is 20.0 Å². The van der Waals surface area contributed by atoms with Crippen molar-refractivity contribution in [2.75, 3.05) is 5.32 Å². The summed E-state index contributed by atoms with van der Waals surface area (Å²) in [4.78, 5) is 18.9. The summed E-state index contributed by atoms with van der Waals surface area (Å²) in [6, 6.07) is 6.41. The van der Waals surface area contributed by atoms with E-state index in [2.05, 4.69) is 20.4 Å². The normalized spacial score (nSPS) is 12.2. The molecule has 0 aliphatic carbocycles. The molecule has 2 aromatic heterocycles. The van der Waals surface area contributed by atoms with Gasteiger partial charge in [0.2, 0.25) is 11.7 Å². The molecule has 8 nitrogen and oxygen atoms in total. The van der Waals surface area contributed by atoms with Gasteiger partial charge in [0.1, 0.15) is 17.5 Å². The van der Waals surface area contributed by atoms with Crippen LogP contribution in [0.4, 0.5) is 15.8 Å². The van der Waals surface area contributed by atoms with Crippen molar-refractivity contribution in [3.63, 3.8) is 0 Å². The van der Waals surface area contributed by atoms with Crippen LogP contribution in [0.15, 0.2) is 47.2 Å². The fraction of sp³-hybridized carbons (Fsp3) is 0.235. The van der Waals surface area contributed by atoms with Gasteiger partial charge in [-0.2, -0.15) is 4.98 Å². The summed E-state index contributed by atoms with van der Waals surface area (Å²) in [6.45, 7) is 3.81. The second kappa shape index (κ2) is 7.26. The van der Waals surface area contributed by atoms with E-state index >= 15 is 0 Å². The molecule has 0 aliphatic rings. The highest BCUT2D eigenvalue weighted by Gasteiger charge is 2.26. The zero-order valence-corrected chi connectivity index (χ0v) is 14.1. The molecule has 0 fully saturated rings. The van der Waals surface area contributed by atoms with E-state index in [9.17, 15) is 14.5 Å². The van der Waals surface area contributed by atoms with E-state index in [4.69, 9.17) is 4.52 Å². The third kappa shape index (κ3) is 3.66. The number of nitrogens with zero attached hydrogens (tertiary/aromatic N) is 4. The van der Waals surface area contributed by atoms with Crippen LogP contribution in [0.5, 0.6) is 0 Å². The molecule has 1 unspecified atom stereocenters. The number of nitro groups is 1. The van der Waals surface area contributed by atoms with E-state index in [0.717, 1.165) is 12.1 Å². The summed E-state index contributed by atoms with van der Waals surface area (Å²) >= 11 is 0. The lowest BCUT2D eigenvalue weighted by Gasteiger charge is -2.19. The molecule has 134 valence electrons. The highest BCUT2D eigenvalue weighted by molar-refractivity contribution is 5.62. The van der Waals surface area contributed by atoms with Gasteiger partial charge >= 0.3 is 0 Å². The first-order valence-electron chi connectivity index (χ1n) is 7.90. The molecular formula is C17H16FN5O3. The van der Waals surface area contributed by atoms with Gasteiger partial charge in [-0.15, -0.1) is 0 Å². The van der Waals surface area contributed by atoms with Crippen molar-refractivity contribution in [1.82, 2.24) is 15.1 Å². The van der Waals surface area contributed by atoms with Crippen LogP contribution in [-0.2, 0) is 0 Å². The summed E-state index contributed by atoms with van der Waals surface area (Å²) in [7, 11) is 0. The Hall–Kier alpha value is -3.36. The summed E-state index contributed by atoms with van der Waals surface area (Å²) in [5.41, 5.74) is 0.511. The maximum absolute atomic E-state index is 13.3. The van der Waals surface area contributed by atoms with E-state index in [1.54, 1.807) is 24.5 Å². The number of pyridine rings is 1. The number of aromatic nitrogens is 3. The number of benzene rings is 1. The number of anilines is 1. The molecule has 1 aromatic carbocycles. The SMILES string of the molecule is CC(C)C(Nc1ccc(F)cc1[N+](=O)[O-])c1nc(-c2cccnc2)no1. The highest BCUT2D eigenvalue weighted by atomic mass is 19.1. The van der Waals surface area contributed by atoms with Gasteiger partial charge < -0.3 is 9.84 Å². The average Bonchev–Trinajstić information content (AvgIpc) is 3.10. The lowest BCUT2D eigenvalue weighted by Crippen LogP contribution is -2.18. The van der Waals surface area contributed by atoms with Crippen LogP contribution < -0.4 is 5.32 Å². The van der Waals surface area contributed by atoms with Crippen LogP contribution in [0.25, 0.3) is 11.4 Å². The van der Waals surface area contributed by atoms with Crippen LogP contribution in [0.2, 0.25) is 0 Å². The molecule has 1 atom stereocenters. The summed E-state index contributed by atoms with van der Waals surface area (Å²) in [6.07, 6.45) is 3.24. The van der Waals surface area contributed by atoms with E-state index in [0.29, 0.717) is 11.4 Å². The average molecular weight is 357 g/mol. The largest absolute Gasteiger partial charge is 0.368 e. The van der Waals surface area contributed by atoms with Crippen LogP contribution in [0.1, 0.15) is 25.8 Å². The summed E-state index contributed by atoms with van der Waals surface area (Å²) < 4.78 is 18.7. The molecule has 0 spiro atoms. The number of nitro benzene ring substituents is 1. The molecule has 9 heteroatoms. The van der Waals surface area contributed by atoms with Crippen molar-refractivity contribution in [3.8, 4) is 11.4 Å². The Kier molecular flexibility index (Phi) is 4.87. The van der Waals surface area contributed by atoms with Crippen molar-refractivity contribution in [2.45, 2.75) is 19.9 Å². The minimum absolute atomic E-state index is 0.0261. The van der Waals surface area contributed by atoms with Gasteiger partial charge in [0.15, 0.2) is 0 Å². The third-order valence-electron chi connectivity index (χ3n) is 3.76.